The van der Waals surface area contributed by atoms with Gasteiger partial charge in [-0.15, -0.1) is 0 Å². The highest BCUT2D eigenvalue weighted by Gasteiger charge is 2.45. The molecule has 0 saturated carbocycles. The van der Waals surface area contributed by atoms with Crippen molar-refractivity contribution >= 4 is 11.0 Å². The van der Waals surface area contributed by atoms with Crippen LogP contribution in [-0.4, -0.2) is 84.2 Å². The fourth-order valence-corrected chi connectivity index (χ4v) is 3.96. The summed E-state index contributed by atoms with van der Waals surface area (Å²) in [7, 11) is 4.15. The van der Waals surface area contributed by atoms with Crippen LogP contribution in [0.1, 0.15) is 0 Å². The molecule has 0 amide bonds. The molecule has 1 aromatic heterocycles. The van der Waals surface area contributed by atoms with Gasteiger partial charge in [-0.1, -0.05) is 0 Å². The minimum atomic E-state index is -1.69. The van der Waals surface area contributed by atoms with Gasteiger partial charge in [0.15, 0.2) is 16.9 Å². The van der Waals surface area contributed by atoms with Gasteiger partial charge < -0.3 is 53.6 Å². The van der Waals surface area contributed by atoms with Crippen LogP contribution in [0.4, 0.5) is 0 Å². The van der Waals surface area contributed by atoms with E-state index in [1.807, 2.05) is 0 Å². The fraction of sp³-hybridized carbons (Fsp3) is 0.375. The van der Waals surface area contributed by atoms with Crippen LogP contribution in [-0.2, 0) is 4.74 Å². The summed E-state index contributed by atoms with van der Waals surface area (Å²) in [5.41, 5.74) is -0.170. The van der Waals surface area contributed by atoms with Crippen molar-refractivity contribution in [3.05, 3.63) is 40.6 Å². The number of methoxy groups -OCH3 is 3. The lowest BCUT2D eigenvalue weighted by Crippen LogP contribution is -2.60. The molecule has 2 heterocycles. The maximum Gasteiger partial charge on any atom is 0.229 e. The Labute approximate surface area is 204 Å². The third-order valence-electron chi connectivity index (χ3n) is 5.84. The average Bonchev–Trinajstić information content (AvgIpc) is 2.87. The molecule has 0 unspecified atom stereocenters. The lowest BCUT2D eigenvalue weighted by molar-refractivity contribution is -0.277. The number of benzene rings is 2. The molecule has 12 heteroatoms. The van der Waals surface area contributed by atoms with Crippen LogP contribution in [0.5, 0.6) is 28.7 Å². The SMILES string of the molecule is COc1cc(O[C@@H]2O[C@H](CO)[C@@H](O)[C@H](O)[C@H]2O)c2c(=O)cc(-c3cc(O)c(OC)c(OC)c3)oc2c1. The van der Waals surface area contributed by atoms with E-state index in [4.69, 9.17) is 28.1 Å². The van der Waals surface area contributed by atoms with Crippen molar-refractivity contribution < 1.29 is 53.6 Å². The number of hydrogen-bond donors (Lipinski definition) is 5. The summed E-state index contributed by atoms with van der Waals surface area (Å²) in [6.45, 7) is -0.646. The Morgan fingerprint density at radius 2 is 1.64 bits per heavy atom. The first kappa shape index (κ1) is 25.5. The van der Waals surface area contributed by atoms with Gasteiger partial charge in [0.05, 0.1) is 27.9 Å². The summed E-state index contributed by atoms with van der Waals surface area (Å²) < 4.78 is 32.7. The van der Waals surface area contributed by atoms with Gasteiger partial charge in [0.2, 0.25) is 12.0 Å². The second-order valence-corrected chi connectivity index (χ2v) is 8.02. The van der Waals surface area contributed by atoms with Gasteiger partial charge in [0.25, 0.3) is 0 Å². The predicted octanol–water partition coefficient (Wildman–Crippen LogP) is 0.370. The van der Waals surface area contributed by atoms with E-state index >= 15 is 0 Å². The molecule has 1 fully saturated rings. The molecule has 36 heavy (non-hydrogen) atoms. The van der Waals surface area contributed by atoms with Crippen molar-refractivity contribution in [2.45, 2.75) is 30.7 Å². The topological polar surface area (TPSA) is 178 Å². The highest BCUT2D eigenvalue weighted by atomic mass is 16.7. The number of aromatic hydroxyl groups is 1. The molecule has 5 N–H and O–H groups in total. The molecule has 1 aliphatic rings. The number of aliphatic hydroxyl groups excluding tert-OH is 4. The zero-order valence-corrected chi connectivity index (χ0v) is 19.6. The smallest absolute Gasteiger partial charge is 0.229 e. The van der Waals surface area contributed by atoms with Gasteiger partial charge >= 0.3 is 0 Å². The molecule has 5 atom stereocenters. The van der Waals surface area contributed by atoms with Gasteiger partial charge in [0.1, 0.15) is 52.6 Å². The third kappa shape index (κ3) is 4.52. The molecule has 12 nitrogen and oxygen atoms in total. The van der Waals surface area contributed by atoms with E-state index in [9.17, 15) is 30.3 Å². The first-order valence-electron chi connectivity index (χ1n) is 10.8. The Bertz CT molecular complexity index is 1300. The number of ether oxygens (including phenoxy) is 5. The summed E-state index contributed by atoms with van der Waals surface area (Å²) in [6.07, 6.45) is -7.66. The lowest BCUT2D eigenvalue weighted by atomic mass is 9.99. The van der Waals surface area contributed by atoms with Gasteiger partial charge in [-0.2, -0.15) is 0 Å². The molecule has 1 saturated heterocycles. The quantitative estimate of drug-likeness (QED) is 0.298. The lowest BCUT2D eigenvalue weighted by Gasteiger charge is -2.39. The van der Waals surface area contributed by atoms with Crippen molar-refractivity contribution in [1.29, 1.82) is 0 Å². The summed E-state index contributed by atoms with van der Waals surface area (Å²) in [5.74, 6) is 0.332. The van der Waals surface area contributed by atoms with E-state index in [0.29, 0.717) is 5.56 Å². The van der Waals surface area contributed by atoms with Crippen LogP contribution in [0, 0.1) is 0 Å². The van der Waals surface area contributed by atoms with Crippen LogP contribution < -0.4 is 24.4 Å². The Hall–Kier alpha value is -3.55. The van der Waals surface area contributed by atoms with Crippen LogP contribution in [0.2, 0.25) is 0 Å². The van der Waals surface area contributed by atoms with E-state index in [0.717, 1.165) is 0 Å². The van der Waals surface area contributed by atoms with Crippen molar-refractivity contribution in [2.75, 3.05) is 27.9 Å². The summed E-state index contributed by atoms with van der Waals surface area (Å²) in [6, 6.07) is 6.85. The molecular weight excluding hydrogens is 480 g/mol. The molecule has 2 aromatic carbocycles. The second-order valence-electron chi connectivity index (χ2n) is 8.02. The molecule has 0 aliphatic carbocycles. The zero-order valence-electron chi connectivity index (χ0n) is 19.6. The number of fused-ring (bicyclic) bond motifs is 1. The Morgan fingerprint density at radius 3 is 2.28 bits per heavy atom. The molecule has 0 bridgehead atoms. The Balaban J connectivity index is 1.80. The number of aliphatic hydroxyl groups is 4. The number of hydrogen-bond acceptors (Lipinski definition) is 12. The number of rotatable bonds is 7. The Morgan fingerprint density at radius 1 is 0.889 bits per heavy atom. The van der Waals surface area contributed by atoms with Crippen LogP contribution >= 0.6 is 0 Å². The van der Waals surface area contributed by atoms with Gasteiger partial charge in [-0.3, -0.25) is 4.79 Å². The third-order valence-corrected chi connectivity index (χ3v) is 5.84. The molecule has 1 aliphatic heterocycles. The first-order valence-corrected chi connectivity index (χ1v) is 10.8. The minimum absolute atomic E-state index is 0.0267. The van der Waals surface area contributed by atoms with Crippen LogP contribution in [0.15, 0.2) is 39.5 Å². The number of phenols is 1. The molecule has 3 aromatic rings. The highest BCUT2D eigenvalue weighted by Crippen LogP contribution is 2.41. The molecule has 0 radical (unpaired) electrons. The van der Waals surface area contributed by atoms with Gasteiger partial charge in [0, 0.05) is 23.8 Å². The summed E-state index contributed by atoms with van der Waals surface area (Å²) >= 11 is 0. The average molecular weight is 506 g/mol. The van der Waals surface area contributed by atoms with Crippen molar-refractivity contribution in [3.63, 3.8) is 0 Å². The fourth-order valence-electron chi connectivity index (χ4n) is 3.96. The maximum atomic E-state index is 13.2. The van der Waals surface area contributed by atoms with Crippen molar-refractivity contribution in [3.8, 4) is 40.1 Å². The predicted molar refractivity (Wildman–Crippen MR) is 124 cm³/mol. The highest BCUT2D eigenvalue weighted by molar-refractivity contribution is 5.86. The largest absolute Gasteiger partial charge is 0.504 e. The van der Waals surface area contributed by atoms with Crippen molar-refractivity contribution in [1.82, 2.24) is 0 Å². The van der Waals surface area contributed by atoms with Crippen LogP contribution in [0.25, 0.3) is 22.3 Å². The van der Waals surface area contributed by atoms with E-state index in [-0.39, 0.29) is 45.5 Å². The maximum absolute atomic E-state index is 13.2. The first-order chi connectivity index (χ1) is 17.2. The van der Waals surface area contributed by atoms with E-state index in [1.165, 1.54) is 51.7 Å². The zero-order chi connectivity index (χ0) is 26.1. The summed E-state index contributed by atoms with van der Waals surface area (Å²) in [4.78, 5) is 13.2. The molecule has 194 valence electrons. The van der Waals surface area contributed by atoms with Crippen LogP contribution in [0.3, 0.4) is 0 Å². The molecule has 4 rings (SSSR count). The molecular formula is C24H26O12. The summed E-state index contributed by atoms with van der Waals surface area (Å²) in [5, 5.41) is 50.1. The van der Waals surface area contributed by atoms with Gasteiger partial charge in [-0.05, 0) is 12.1 Å². The number of phenolic OH excluding ortho intramolecular Hbond substituents is 1. The van der Waals surface area contributed by atoms with E-state index in [1.54, 1.807) is 0 Å². The van der Waals surface area contributed by atoms with E-state index < -0.39 is 42.7 Å². The normalized spacial score (nSPS) is 23.9. The standard InChI is InChI=1S/C24H26O12/c1-31-11-6-15-19(16(7-11)35-24-22(30)21(29)20(28)18(9-25)36-24)12(26)8-14(34-15)10-4-13(27)23(33-3)17(5-10)32-2/h4-8,18,20-22,24-25,27-30H,9H2,1-3H3/t18-,20-,21+,22-,24-/m1/s1. The van der Waals surface area contributed by atoms with Gasteiger partial charge in [-0.25, -0.2) is 0 Å². The van der Waals surface area contributed by atoms with E-state index in [2.05, 4.69) is 0 Å². The monoisotopic (exact) mass is 506 g/mol. The molecule has 0 spiro atoms. The van der Waals surface area contributed by atoms with Crippen molar-refractivity contribution in [2.24, 2.45) is 0 Å². The Kier molecular flexibility index (Phi) is 7.24. The minimum Gasteiger partial charge on any atom is -0.504 e. The second kappa shape index (κ2) is 10.2.